The maximum atomic E-state index is 11.8. The van der Waals surface area contributed by atoms with Crippen LogP contribution < -0.4 is 15.4 Å². The molecule has 0 spiro atoms. The highest BCUT2D eigenvalue weighted by Gasteiger charge is 2.09. The van der Waals surface area contributed by atoms with Crippen LogP contribution in [0.25, 0.3) is 0 Å². The quantitative estimate of drug-likeness (QED) is 0.744. The highest BCUT2D eigenvalue weighted by Crippen LogP contribution is 2.12. The van der Waals surface area contributed by atoms with Gasteiger partial charge in [-0.05, 0) is 38.6 Å². The zero-order valence-corrected chi connectivity index (χ0v) is 13.7. The van der Waals surface area contributed by atoms with Crippen molar-refractivity contribution >= 4 is 11.8 Å². The van der Waals surface area contributed by atoms with Crippen LogP contribution in [0.15, 0.2) is 24.3 Å². The zero-order valence-electron chi connectivity index (χ0n) is 13.7. The molecule has 0 aliphatic heterocycles. The van der Waals surface area contributed by atoms with Crippen LogP contribution in [0, 0.1) is 0 Å². The fourth-order valence-corrected chi connectivity index (χ4v) is 1.95. The molecule has 6 nitrogen and oxygen atoms in total. The van der Waals surface area contributed by atoms with Crippen molar-refractivity contribution in [3.05, 3.63) is 29.8 Å². The summed E-state index contributed by atoms with van der Waals surface area (Å²) in [7, 11) is 3.49. The van der Waals surface area contributed by atoms with Crippen molar-refractivity contribution in [3.8, 4) is 5.75 Å². The number of nitrogens with one attached hydrogen (secondary N) is 2. The van der Waals surface area contributed by atoms with Gasteiger partial charge in [0.15, 0.2) is 0 Å². The lowest BCUT2D eigenvalue weighted by Gasteiger charge is -2.16. The van der Waals surface area contributed by atoms with Crippen molar-refractivity contribution in [1.29, 1.82) is 0 Å². The van der Waals surface area contributed by atoms with Crippen molar-refractivity contribution < 1.29 is 14.3 Å². The first-order valence-corrected chi connectivity index (χ1v) is 7.28. The third kappa shape index (κ3) is 7.08. The number of likely N-dealkylation sites (N-methyl/N-ethyl adjacent to an activating group) is 1. The fourth-order valence-electron chi connectivity index (χ4n) is 1.95. The molecule has 1 aromatic carbocycles. The second-order valence-corrected chi connectivity index (χ2v) is 5.52. The van der Waals surface area contributed by atoms with E-state index in [2.05, 4.69) is 10.6 Å². The van der Waals surface area contributed by atoms with E-state index in [1.165, 1.54) is 0 Å². The van der Waals surface area contributed by atoms with Gasteiger partial charge in [-0.2, -0.15) is 0 Å². The summed E-state index contributed by atoms with van der Waals surface area (Å²) in [5, 5.41) is 5.33. The van der Waals surface area contributed by atoms with Gasteiger partial charge in [-0.15, -0.1) is 0 Å². The summed E-state index contributed by atoms with van der Waals surface area (Å²) in [6.07, 6.45) is 0. The molecule has 1 aromatic rings. The lowest BCUT2D eigenvalue weighted by Crippen LogP contribution is -2.42. The molecule has 0 unspecified atom stereocenters. The van der Waals surface area contributed by atoms with Crippen LogP contribution in [0.2, 0.25) is 0 Å². The van der Waals surface area contributed by atoms with Gasteiger partial charge in [-0.3, -0.25) is 14.5 Å². The topological polar surface area (TPSA) is 70.7 Å². The molecule has 0 bridgehead atoms. The summed E-state index contributed by atoms with van der Waals surface area (Å²) in [4.78, 5) is 25.1. The van der Waals surface area contributed by atoms with Gasteiger partial charge in [-0.1, -0.05) is 12.1 Å². The van der Waals surface area contributed by atoms with Crippen LogP contribution in [-0.2, 0) is 16.1 Å². The molecule has 0 heterocycles. The second kappa shape index (κ2) is 9.04. The van der Waals surface area contributed by atoms with Gasteiger partial charge in [-0.25, -0.2) is 0 Å². The summed E-state index contributed by atoms with van der Waals surface area (Å²) in [5.41, 5.74) is 1.09. The molecule has 2 N–H and O–H groups in total. The molecule has 0 aliphatic rings. The SMILES string of the molecule is COc1ccc(CN(C)CC(=O)NCC(=O)NC(C)C)cc1. The van der Waals surface area contributed by atoms with Crippen molar-refractivity contribution in [2.75, 3.05) is 27.2 Å². The minimum Gasteiger partial charge on any atom is -0.497 e. The Bertz CT molecular complexity index is 486. The molecule has 0 radical (unpaired) electrons. The standard InChI is InChI=1S/C16H25N3O3/c1-12(2)18-15(20)9-17-16(21)11-19(3)10-13-5-7-14(22-4)8-6-13/h5-8,12H,9-11H2,1-4H3,(H,17,21)(H,18,20). The first kappa shape index (κ1) is 18.0. The first-order valence-electron chi connectivity index (χ1n) is 7.28. The van der Waals surface area contributed by atoms with Crippen LogP contribution in [0.4, 0.5) is 0 Å². The van der Waals surface area contributed by atoms with Gasteiger partial charge < -0.3 is 15.4 Å². The molecule has 0 aliphatic carbocycles. The van der Waals surface area contributed by atoms with Crippen LogP contribution in [-0.4, -0.2) is 50.0 Å². The van der Waals surface area contributed by atoms with Crippen molar-refractivity contribution in [2.24, 2.45) is 0 Å². The number of nitrogens with zero attached hydrogens (tertiary/aromatic N) is 1. The second-order valence-electron chi connectivity index (χ2n) is 5.52. The average molecular weight is 307 g/mol. The predicted octanol–water partition coefficient (Wildman–Crippen LogP) is 0.768. The Hall–Kier alpha value is -2.08. The molecule has 0 atom stereocenters. The zero-order chi connectivity index (χ0) is 16.5. The minimum absolute atomic E-state index is 0.00733. The van der Waals surface area contributed by atoms with Gasteiger partial charge >= 0.3 is 0 Å². The largest absolute Gasteiger partial charge is 0.497 e. The van der Waals surface area contributed by atoms with E-state index in [0.717, 1.165) is 11.3 Å². The van der Waals surface area contributed by atoms with E-state index in [0.29, 0.717) is 6.54 Å². The van der Waals surface area contributed by atoms with Gasteiger partial charge in [0.2, 0.25) is 11.8 Å². The molecule has 6 heteroatoms. The van der Waals surface area contributed by atoms with Crippen molar-refractivity contribution in [1.82, 2.24) is 15.5 Å². The number of hydrogen-bond acceptors (Lipinski definition) is 4. The first-order chi connectivity index (χ1) is 10.4. The molecule has 0 saturated carbocycles. The Kier molecular flexibility index (Phi) is 7.39. The minimum atomic E-state index is -0.179. The summed E-state index contributed by atoms with van der Waals surface area (Å²) >= 11 is 0. The van der Waals surface area contributed by atoms with E-state index in [1.54, 1.807) is 7.11 Å². The lowest BCUT2D eigenvalue weighted by atomic mass is 10.2. The third-order valence-electron chi connectivity index (χ3n) is 2.92. The summed E-state index contributed by atoms with van der Waals surface area (Å²) in [5.74, 6) is 0.455. The molecule has 2 amide bonds. The summed E-state index contributed by atoms with van der Waals surface area (Å²) in [6, 6.07) is 7.77. The number of amides is 2. The molecule has 22 heavy (non-hydrogen) atoms. The van der Waals surface area contributed by atoms with E-state index >= 15 is 0 Å². The van der Waals surface area contributed by atoms with E-state index in [4.69, 9.17) is 4.74 Å². The molecule has 0 fully saturated rings. The number of carbonyl (C=O) groups excluding carboxylic acids is 2. The fraction of sp³-hybridized carbons (Fsp3) is 0.500. The Labute approximate surface area is 131 Å². The number of rotatable bonds is 8. The lowest BCUT2D eigenvalue weighted by molar-refractivity contribution is -0.126. The molecule has 0 saturated heterocycles. The maximum Gasteiger partial charge on any atom is 0.239 e. The third-order valence-corrected chi connectivity index (χ3v) is 2.92. The van der Waals surface area contributed by atoms with Gasteiger partial charge in [0.25, 0.3) is 0 Å². The average Bonchev–Trinajstić information content (AvgIpc) is 2.45. The highest BCUT2D eigenvalue weighted by molar-refractivity contribution is 5.85. The number of hydrogen-bond donors (Lipinski definition) is 2. The monoisotopic (exact) mass is 307 g/mol. The number of carbonyl (C=O) groups is 2. The molecule has 0 aromatic heterocycles. The van der Waals surface area contributed by atoms with E-state index in [-0.39, 0.29) is 30.9 Å². The van der Waals surface area contributed by atoms with Crippen molar-refractivity contribution in [3.63, 3.8) is 0 Å². The number of benzene rings is 1. The highest BCUT2D eigenvalue weighted by atomic mass is 16.5. The van der Waals surface area contributed by atoms with Gasteiger partial charge in [0.05, 0.1) is 20.2 Å². The van der Waals surface area contributed by atoms with Crippen LogP contribution >= 0.6 is 0 Å². The van der Waals surface area contributed by atoms with Crippen LogP contribution in [0.3, 0.4) is 0 Å². The Morgan fingerprint density at radius 1 is 1.18 bits per heavy atom. The summed E-state index contributed by atoms with van der Waals surface area (Å²) in [6.45, 7) is 4.65. The molecular formula is C16H25N3O3. The Balaban J connectivity index is 2.32. The summed E-state index contributed by atoms with van der Waals surface area (Å²) < 4.78 is 5.10. The Morgan fingerprint density at radius 3 is 2.36 bits per heavy atom. The predicted molar refractivity (Wildman–Crippen MR) is 85.6 cm³/mol. The van der Waals surface area contributed by atoms with E-state index in [1.807, 2.05) is 50.1 Å². The molecule has 122 valence electrons. The van der Waals surface area contributed by atoms with Crippen LogP contribution in [0.5, 0.6) is 5.75 Å². The van der Waals surface area contributed by atoms with Gasteiger partial charge in [0.1, 0.15) is 5.75 Å². The van der Waals surface area contributed by atoms with Crippen LogP contribution in [0.1, 0.15) is 19.4 Å². The van der Waals surface area contributed by atoms with Crippen molar-refractivity contribution in [2.45, 2.75) is 26.4 Å². The van der Waals surface area contributed by atoms with Gasteiger partial charge in [0, 0.05) is 12.6 Å². The molecular weight excluding hydrogens is 282 g/mol. The Morgan fingerprint density at radius 2 is 1.82 bits per heavy atom. The van der Waals surface area contributed by atoms with E-state index in [9.17, 15) is 9.59 Å². The maximum absolute atomic E-state index is 11.8. The molecule has 1 rings (SSSR count). The van der Waals surface area contributed by atoms with E-state index < -0.39 is 0 Å². The smallest absolute Gasteiger partial charge is 0.239 e. The normalized spacial score (nSPS) is 10.6. The number of methoxy groups -OCH3 is 1. The number of ether oxygens (including phenoxy) is 1.